The third kappa shape index (κ3) is 7.65. The third-order valence-corrected chi connectivity index (χ3v) is 5.42. The van der Waals surface area contributed by atoms with E-state index in [0.29, 0.717) is 11.8 Å². The lowest BCUT2D eigenvalue weighted by atomic mass is 9.84. The summed E-state index contributed by atoms with van der Waals surface area (Å²) in [6.45, 7) is 12.5. The summed E-state index contributed by atoms with van der Waals surface area (Å²) in [6, 6.07) is 10.7. The Bertz CT molecular complexity index is 638. The van der Waals surface area contributed by atoms with E-state index in [1.807, 2.05) is 63.3 Å². The van der Waals surface area contributed by atoms with Gasteiger partial charge in [0, 0.05) is 19.1 Å². The summed E-state index contributed by atoms with van der Waals surface area (Å²) in [5.41, 5.74) is 1.74. The van der Waals surface area contributed by atoms with E-state index < -0.39 is 5.60 Å². The molecule has 1 heterocycles. The number of piperidine rings is 1. The van der Waals surface area contributed by atoms with Crippen molar-refractivity contribution < 1.29 is 10.2 Å². The number of rotatable bonds is 3. The minimum Gasteiger partial charge on any atom is -0.508 e. The van der Waals surface area contributed by atoms with E-state index in [4.69, 9.17) is 5.11 Å². The van der Waals surface area contributed by atoms with Crippen molar-refractivity contribution in [2.45, 2.75) is 71.9 Å². The van der Waals surface area contributed by atoms with E-state index in [2.05, 4.69) is 18.7 Å². The Morgan fingerprint density at radius 1 is 1.07 bits per heavy atom. The number of likely N-dealkylation sites (tertiary alicyclic amines) is 1. The highest BCUT2D eigenvalue weighted by atomic mass is 16.3. The molecule has 0 saturated carbocycles. The summed E-state index contributed by atoms with van der Waals surface area (Å²) in [6.07, 6.45) is 11.1. The molecule has 1 aliphatic carbocycles. The van der Waals surface area contributed by atoms with E-state index in [1.54, 1.807) is 12.2 Å². The van der Waals surface area contributed by atoms with Crippen molar-refractivity contribution in [1.82, 2.24) is 4.90 Å². The molecule has 0 spiro atoms. The van der Waals surface area contributed by atoms with E-state index in [9.17, 15) is 5.11 Å². The molecular weight excluding hydrogens is 346 g/mol. The topological polar surface area (TPSA) is 43.7 Å². The molecule has 1 aromatic carbocycles. The number of aliphatic hydroxyl groups excluding tert-OH is 1. The average Bonchev–Trinajstić information content (AvgIpc) is 2.94. The van der Waals surface area contributed by atoms with Crippen LogP contribution in [-0.4, -0.2) is 34.2 Å². The fraction of sp³-hybridized carbons (Fsp3) is 0.520. The smallest absolute Gasteiger partial charge is 0.115 e. The van der Waals surface area contributed by atoms with Gasteiger partial charge in [0.05, 0.1) is 5.60 Å². The summed E-state index contributed by atoms with van der Waals surface area (Å²) in [5, 5.41) is 19.6. The second-order valence-corrected chi connectivity index (χ2v) is 7.40. The molecule has 1 aromatic rings. The number of hydrogen-bond donors (Lipinski definition) is 2. The molecule has 3 nitrogen and oxygen atoms in total. The Hall–Kier alpha value is -1.84. The molecular formula is C25H39NO2. The van der Waals surface area contributed by atoms with Gasteiger partial charge in [-0.1, -0.05) is 68.8 Å². The first-order valence-corrected chi connectivity index (χ1v) is 10.7. The molecule has 2 aliphatic rings. The number of nitrogens with zero attached hydrogens (tertiary/aromatic N) is 1. The maximum atomic E-state index is 10.7. The zero-order valence-corrected chi connectivity index (χ0v) is 18.4. The molecule has 1 aliphatic heterocycles. The Kier molecular flexibility index (Phi) is 10.9. The Balaban J connectivity index is 0.000000301. The summed E-state index contributed by atoms with van der Waals surface area (Å²) in [7, 11) is 0. The van der Waals surface area contributed by atoms with Crippen LogP contribution < -0.4 is 0 Å². The van der Waals surface area contributed by atoms with E-state index in [-0.39, 0.29) is 0 Å². The van der Waals surface area contributed by atoms with Crippen molar-refractivity contribution >= 4 is 0 Å². The lowest BCUT2D eigenvalue weighted by Gasteiger charge is -2.41. The predicted octanol–water partition coefficient (Wildman–Crippen LogP) is 6.13. The van der Waals surface area contributed by atoms with Gasteiger partial charge in [0.1, 0.15) is 5.76 Å². The van der Waals surface area contributed by atoms with Gasteiger partial charge in [-0.15, -0.1) is 0 Å². The first kappa shape index (κ1) is 24.2. The molecule has 1 saturated heterocycles. The van der Waals surface area contributed by atoms with Crippen molar-refractivity contribution in [3.8, 4) is 0 Å². The number of allylic oxidation sites excluding steroid dienone is 5. The number of aliphatic hydroxyl groups is 2. The first-order chi connectivity index (χ1) is 13.4. The van der Waals surface area contributed by atoms with Crippen LogP contribution in [0, 0.1) is 0 Å². The second-order valence-electron chi connectivity index (χ2n) is 7.40. The SMILES string of the molecule is CC.CC1=CC=C(O)C=CC1.CC[C@H](C)N1CCC(O)(c2ccccc2)CC1. The molecule has 1 atom stereocenters. The Morgan fingerprint density at radius 2 is 1.68 bits per heavy atom. The van der Waals surface area contributed by atoms with Crippen molar-refractivity contribution in [3.05, 3.63) is 71.5 Å². The molecule has 3 heteroatoms. The normalized spacial score (nSPS) is 19.6. The first-order valence-electron chi connectivity index (χ1n) is 10.7. The van der Waals surface area contributed by atoms with E-state index in [0.717, 1.165) is 37.9 Å². The second kappa shape index (κ2) is 12.6. The molecule has 0 aromatic heterocycles. The summed E-state index contributed by atoms with van der Waals surface area (Å²) >= 11 is 0. The third-order valence-electron chi connectivity index (χ3n) is 5.42. The highest BCUT2D eigenvalue weighted by Crippen LogP contribution is 2.33. The van der Waals surface area contributed by atoms with Crippen LogP contribution in [0.4, 0.5) is 0 Å². The van der Waals surface area contributed by atoms with Crippen LogP contribution in [-0.2, 0) is 5.60 Å². The van der Waals surface area contributed by atoms with Gasteiger partial charge < -0.3 is 15.1 Å². The summed E-state index contributed by atoms with van der Waals surface area (Å²) in [5.74, 6) is 0.340. The maximum absolute atomic E-state index is 10.7. The quantitative estimate of drug-likeness (QED) is 0.658. The van der Waals surface area contributed by atoms with Gasteiger partial charge in [-0.2, -0.15) is 0 Å². The van der Waals surface area contributed by atoms with E-state index >= 15 is 0 Å². The molecule has 0 amide bonds. The monoisotopic (exact) mass is 385 g/mol. The largest absolute Gasteiger partial charge is 0.508 e. The fourth-order valence-corrected chi connectivity index (χ4v) is 3.35. The molecule has 1 fully saturated rings. The molecule has 2 N–H and O–H groups in total. The van der Waals surface area contributed by atoms with Crippen molar-refractivity contribution in [1.29, 1.82) is 0 Å². The van der Waals surface area contributed by atoms with Gasteiger partial charge in [0.15, 0.2) is 0 Å². The zero-order valence-electron chi connectivity index (χ0n) is 18.4. The van der Waals surface area contributed by atoms with Gasteiger partial charge >= 0.3 is 0 Å². The van der Waals surface area contributed by atoms with Gasteiger partial charge in [-0.05, 0) is 57.2 Å². The van der Waals surface area contributed by atoms with Crippen LogP contribution in [0.3, 0.4) is 0 Å². The standard InChI is InChI=1S/C15H23NO.C8H10O.C2H6/c1-3-13(2)16-11-9-15(17,10-12-16)14-7-5-4-6-8-14;1-7-3-2-4-8(9)6-5-7;1-2/h4-8,13,17H,3,9-12H2,1-2H3;2,4-6,9H,3H2,1H3;1-2H3/t13-;;/m0../s1. The molecule has 156 valence electrons. The molecule has 3 rings (SSSR count). The van der Waals surface area contributed by atoms with E-state index in [1.165, 1.54) is 12.0 Å². The minimum atomic E-state index is -0.606. The van der Waals surface area contributed by atoms with Gasteiger partial charge in [-0.3, -0.25) is 0 Å². The minimum absolute atomic E-state index is 0.340. The fourth-order valence-electron chi connectivity index (χ4n) is 3.35. The van der Waals surface area contributed by atoms with Crippen molar-refractivity contribution in [3.63, 3.8) is 0 Å². The number of benzene rings is 1. The van der Waals surface area contributed by atoms with Crippen LogP contribution in [0.15, 0.2) is 66.0 Å². The zero-order chi connectivity index (χ0) is 21.0. The highest BCUT2D eigenvalue weighted by Gasteiger charge is 2.34. The Morgan fingerprint density at radius 3 is 2.25 bits per heavy atom. The molecule has 0 radical (unpaired) electrons. The van der Waals surface area contributed by atoms with Crippen LogP contribution in [0.2, 0.25) is 0 Å². The molecule has 0 bridgehead atoms. The van der Waals surface area contributed by atoms with Crippen LogP contribution in [0.5, 0.6) is 0 Å². The van der Waals surface area contributed by atoms with Crippen molar-refractivity contribution in [2.75, 3.05) is 13.1 Å². The Labute approximate surface area is 172 Å². The predicted molar refractivity (Wildman–Crippen MR) is 120 cm³/mol. The van der Waals surface area contributed by atoms with Crippen LogP contribution in [0.1, 0.15) is 65.9 Å². The van der Waals surface area contributed by atoms with Gasteiger partial charge in [0.25, 0.3) is 0 Å². The van der Waals surface area contributed by atoms with Crippen LogP contribution in [0.25, 0.3) is 0 Å². The van der Waals surface area contributed by atoms with Crippen molar-refractivity contribution in [2.24, 2.45) is 0 Å². The lowest BCUT2D eigenvalue weighted by Crippen LogP contribution is -2.45. The molecule has 28 heavy (non-hydrogen) atoms. The average molecular weight is 386 g/mol. The summed E-state index contributed by atoms with van der Waals surface area (Å²) in [4.78, 5) is 2.48. The lowest BCUT2D eigenvalue weighted by molar-refractivity contribution is -0.0343. The maximum Gasteiger partial charge on any atom is 0.115 e. The van der Waals surface area contributed by atoms with Gasteiger partial charge in [-0.25, -0.2) is 0 Å². The summed E-state index contributed by atoms with van der Waals surface area (Å²) < 4.78 is 0. The van der Waals surface area contributed by atoms with Gasteiger partial charge in [0.2, 0.25) is 0 Å². The number of hydrogen-bond acceptors (Lipinski definition) is 3. The van der Waals surface area contributed by atoms with Crippen LogP contribution >= 0.6 is 0 Å². The highest BCUT2D eigenvalue weighted by molar-refractivity contribution is 5.25. The molecule has 0 unspecified atom stereocenters.